The second kappa shape index (κ2) is 6.96. The first kappa shape index (κ1) is 19.4. The van der Waals surface area contributed by atoms with Gasteiger partial charge in [0.1, 0.15) is 9.84 Å². The van der Waals surface area contributed by atoms with Crippen LogP contribution in [-0.4, -0.2) is 57.5 Å². The maximum Gasteiger partial charge on any atom is 0.223 e. The van der Waals surface area contributed by atoms with Gasteiger partial charge in [-0.05, 0) is 49.8 Å². The first-order valence-electron chi connectivity index (χ1n) is 8.85. The number of hydrogen-bond donors (Lipinski definition) is 0. The standard InChI is InChI=1S/C18H25NO5S2/c1-25(21,22)16-8-3-13(4-9-16)5-10-18(20)19-14-6-7-15(19)12-17(11-14)26(2,23)24/h3-4,8-9,14-15,17H,5-7,10-12H2,1-2H3. The second-order valence-electron chi connectivity index (χ2n) is 7.53. The van der Waals surface area contributed by atoms with E-state index in [0.29, 0.717) is 25.7 Å². The molecule has 2 unspecified atom stereocenters. The lowest BCUT2D eigenvalue weighted by Crippen LogP contribution is -2.49. The predicted octanol–water partition coefficient (Wildman–Crippen LogP) is 1.59. The number of sulfone groups is 2. The minimum Gasteiger partial charge on any atom is -0.337 e. The van der Waals surface area contributed by atoms with Crippen LogP contribution < -0.4 is 0 Å². The predicted molar refractivity (Wildman–Crippen MR) is 99.4 cm³/mol. The highest BCUT2D eigenvalue weighted by Crippen LogP contribution is 2.38. The zero-order valence-electron chi connectivity index (χ0n) is 15.1. The van der Waals surface area contributed by atoms with Crippen molar-refractivity contribution in [1.29, 1.82) is 0 Å². The maximum atomic E-state index is 12.7. The van der Waals surface area contributed by atoms with Crippen molar-refractivity contribution in [1.82, 2.24) is 4.90 Å². The number of carbonyl (C=O) groups is 1. The highest BCUT2D eigenvalue weighted by molar-refractivity contribution is 7.91. The van der Waals surface area contributed by atoms with E-state index in [0.717, 1.165) is 18.4 Å². The third-order valence-electron chi connectivity index (χ3n) is 5.56. The van der Waals surface area contributed by atoms with Crippen LogP contribution in [0, 0.1) is 0 Å². The zero-order valence-corrected chi connectivity index (χ0v) is 16.7. The Morgan fingerprint density at radius 2 is 1.54 bits per heavy atom. The molecule has 144 valence electrons. The van der Waals surface area contributed by atoms with Gasteiger partial charge in [-0.2, -0.15) is 0 Å². The summed E-state index contributed by atoms with van der Waals surface area (Å²) in [5, 5.41) is -0.326. The fourth-order valence-corrected chi connectivity index (χ4v) is 5.94. The van der Waals surface area contributed by atoms with E-state index in [9.17, 15) is 21.6 Å². The van der Waals surface area contributed by atoms with Crippen molar-refractivity contribution >= 4 is 25.6 Å². The number of fused-ring (bicyclic) bond motifs is 2. The lowest BCUT2D eigenvalue weighted by molar-refractivity contribution is -0.135. The molecule has 0 aliphatic carbocycles. The molecule has 1 aromatic carbocycles. The first-order valence-corrected chi connectivity index (χ1v) is 12.7. The highest BCUT2D eigenvalue weighted by Gasteiger charge is 2.45. The van der Waals surface area contributed by atoms with E-state index in [4.69, 9.17) is 0 Å². The van der Waals surface area contributed by atoms with Gasteiger partial charge in [0.15, 0.2) is 9.84 Å². The Labute approximate surface area is 155 Å². The van der Waals surface area contributed by atoms with Gasteiger partial charge in [-0.3, -0.25) is 4.79 Å². The van der Waals surface area contributed by atoms with Crippen LogP contribution in [0.2, 0.25) is 0 Å². The maximum absolute atomic E-state index is 12.7. The third kappa shape index (κ3) is 4.11. The SMILES string of the molecule is CS(=O)(=O)c1ccc(CCC(=O)N2C3CCC2CC(S(C)(=O)=O)C3)cc1. The van der Waals surface area contributed by atoms with E-state index in [1.807, 2.05) is 4.90 Å². The largest absolute Gasteiger partial charge is 0.337 e. The number of benzene rings is 1. The fourth-order valence-electron chi connectivity index (χ4n) is 4.17. The highest BCUT2D eigenvalue weighted by atomic mass is 32.2. The molecule has 2 heterocycles. The van der Waals surface area contributed by atoms with Crippen LogP contribution in [0.25, 0.3) is 0 Å². The quantitative estimate of drug-likeness (QED) is 0.750. The van der Waals surface area contributed by atoms with Crippen molar-refractivity contribution < 1.29 is 21.6 Å². The van der Waals surface area contributed by atoms with Crippen LogP contribution in [0.4, 0.5) is 0 Å². The van der Waals surface area contributed by atoms with Crippen LogP contribution in [0.3, 0.4) is 0 Å². The van der Waals surface area contributed by atoms with Gasteiger partial charge in [0.2, 0.25) is 5.91 Å². The van der Waals surface area contributed by atoms with Crippen molar-refractivity contribution in [3.05, 3.63) is 29.8 Å². The van der Waals surface area contributed by atoms with Crippen molar-refractivity contribution in [2.45, 2.75) is 60.8 Å². The molecule has 0 radical (unpaired) electrons. The van der Waals surface area contributed by atoms with Gasteiger partial charge in [0.25, 0.3) is 0 Å². The molecule has 0 aromatic heterocycles. The minimum absolute atomic E-state index is 0.0357. The summed E-state index contributed by atoms with van der Waals surface area (Å²) in [5.41, 5.74) is 0.920. The summed E-state index contributed by atoms with van der Waals surface area (Å²) in [4.78, 5) is 14.9. The summed E-state index contributed by atoms with van der Waals surface area (Å²) in [5.74, 6) is 0.0663. The van der Waals surface area contributed by atoms with Crippen LogP contribution in [0.1, 0.15) is 37.7 Å². The van der Waals surface area contributed by atoms with Crippen LogP contribution in [-0.2, 0) is 30.9 Å². The van der Waals surface area contributed by atoms with Crippen LogP contribution in [0.15, 0.2) is 29.2 Å². The summed E-state index contributed by atoms with van der Waals surface area (Å²) >= 11 is 0. The van der Waals surface area contributed by atoms with Gasteiger partial charge < -0.3 is 4.90 Å². The molecule has 1 aromatic rings. The Kier molecular flexibility index (Phi) is 5.18. The topological polar surface area (TPSA) is 88.6 Å². The minimum atomic E-state index is -3.22. The van der Waals surface area contributed by atoms with E-state index < -0.39 is 19.7 Å². The monoisotopic (exact) mass is 399 g/mol. The van der Waals surface area contributed by atoms with Gasteiger partial charge >= 0.3 is 0 Å². The molecule has 2 saturated heterocycles. The Bertz CT molecular complexity index is 876. The van der Waals surface area contributed by atoms with E-state index in [1.165, 1.54) is 12.5 Å². The number of piperidine rings is 1. The second-order valence-corrected chi connectivity index (χ2v) is 11.9. The normalized spacial score (nSPS) is 26.1. The molecule has 2 bridgehead atoms. The van der Waals surface area contributed by atoms with Gasteiger partial charge in [0, 0.05) is 31.0 Å². The molecule has 8 heteroatoms. The number of hydrogen-bond acceptors (Lipinski definition) is 5. The van der Waals surface area contributed by atoms with Gasteiger partial charge in [-0.25, -0.2) is 16.8 Å². The molecule has 2 atom stereocenters. The number of amides is 1. The number of aryl methyl sites for hydroxylation is 1. The number of nitrogens with zero attached hydrogens (tertiary/aromatic N) is 1. The first-order chi connectivity index (χ1) is 12.1. The molecule has 3 rings (SSSR count). The molecular weight excluding hydrogens is 374 g/mol. The Balaban J connectivity index is 1.61. The molecule has 1 amide bonds. The van der Waals surface area contributed by atoms with Crippen molar-refractivity contribution in [3.63, 3.8) is 0 Å². The molecular formula is C18H25NO5S2. The summed E-state index contributed by atoms with van der Waals surface area (Å²) < 4.78 is 46.7. The Morgan fingerprint density at radius 1 is 1.00 bits per heavy atom. The van der Waals surface area contributed by atoms with Crippen molar-refractivity contribution in [3.8, 4) is 0 Å². The molecule has 2 fully saturated rings. The lowest BCUT2D eigenvalue weighted by atomic mass is 10.0. The molecule has 6 nitrogen and oxygen atoms in total. The van der Waals surface area contributed by atoms with E-state index in [2.05, 4.69) is 0 Å². The molecule has 26 heavy (non-hydrogen) atoms. The van der Waals surface area contributed by atoms with Crippen molar-refractivity contribution in [2.24, 2.45) is 0 Å². The van der Waals surface area contributed by atoms with Gasteiger partial charge in [0.05, 0.1) is 10.1 Å². The van der Waals surface area contributed by atoms with Crippen molar-refractivity contribution in [2.75, 3.05) is 12.5 Å². The lowest BCUT2D eigenvalue weighted by Gasteiger charge is -2.38. The van der Waals surface area contributed by atoms with E-state index in [-0.39, 0.29) is 28.1 Å². The molecule has 0 spiro atoms. The van der Waals surface area contributed by atoms with Crippen LogP contribution >= 0.6 is 0 Å². The van der Waals surface area contributed by atoms with Gasteiger partial charge in [-0.15, -0.1) is 0 Å². The van der Waals surface area contributed by atoms with E-state index in [1.54, 1.807) is 24.3 Å². The summed E-state index contributed by atoms with van der Waals surface area (Å²) in [6.45, 7) is 0. The molecule has 0 N–H and O–H groups in total. The number of rotatable bonds is 5. The third-order valence-corrected chi connectivity index (χ3v) is 8.29. The Hall–Kier alpha value is -1.41. The average Bonchev–Trinajstić information content (AvgIpc) is 2.81. The molecule has 2 aliphatic rings. The average molecular weight is 400 g/mol. The molecule has 2 aliphatic heterocycles. The summed E-state index contributed by atoms with van der Waals surface area (Å²) in [6, 6.07) is 6.69. The summed E-state index contributed by atoms with van der Waals surface area (Å²) in [6.07, 6.45) is 6.21. The van der Waals surface area contributed by atoms with Crippen LogP contribution in [0.5, 0.6) is 0 Å². The number of carbonyl (C=O) groups excluding carboxylic acids is 1. The molecule has 0 saturated carbocycles. The fraction of sp³-hybridized carbons (Fsp3) is 0.611. The van der Waals surface area contributed by atoms with E-state index >= 15 is 0 Å². The summed E-state index contributed by atoms with van der Waals surface area (Å²) in [7, 11) is -6.28. The van der Waals surface area contributed by atoms with Gasteiger partial charge in [-0.1, -0.05) is 12.1 Å². The smallest absolute Gasteiger partial charge is 0.223 e. The Morgan fingerprint density at radius 3 is 2.00 bits per heavy atom. The zero-order chi connectivity index (χ0) is 19.1.